The second kappa shape index (κ2) is 9.29. The molecule has 33 heavy (non-hydrogen) atoms. The quantitative estimate of drug-likeness (QED) is 0.700. The molecule has 3 aliphatic heterocycles. The number of hydrogen-bond donors (Lipinski definition) is 0. The Hall–Kier alpha value is -3.29. The molecule has 0 spiro atoms. The first kappa shape index (κ1) is 21.6. The van der Waals surface area contributed by atoms with Crippen molar-refractivity contribution in [3.8, 4) is 11.4 Å². The van der Waals surface area contributed by atoms with E-state index in [1.807, 2.05) is 34.7 Å². The van der Waals surface area contributed by atoms with Crippen LogP contribution in [0.25, 0.3) is 11.8 Å². The third-order valence-electron chi connectivity index (χ3n) is 6.67. The number of piperidine rings is 1. The summed E-state index contributed by atoms with van der Waals surface area (Å²) in [5, 5.41) is 4.40. The number of carbonyl (C=O) groups excluding carboxylic acids is 1. The molecule has 8 heteroatoms. The summed E-state index contributed by atoms with van der Waals surface area (Å²) in [6.45, 7) is 5.10. The van der Waals surface area contributed by atoms with Crippen LogP contribution < -0.4 is 4.74 Å². The summed E-state index contributed by atoms with van der Waals surface area (Å²) in [6.07, 6.45) is 10.6. The number of oxime groups is 1. The fourth-order valence-electron chi connectivity index (χ4n) is 4.94. The van der Waals surface area contributed by atoms with Crippen LogP contribution >= 0.6 is 0 Å². The van der Waals surface area contributed by atoms with E-state index in [2.05, 4.69) is 27.2 Å². The molecule has 0 unspecified atom stereocenters. The molecule has 8 nitrogen and oxygen atoms in total. The molecule has 3 aliphatic rings. The van der Waals surface area contributed by atoms with Gasteiger partial charge < -0.3 is 23.9 Å². The summed E-state index contributed by atoms with van der Waals surface area (Å²) in [6, 6.07) is 6.20. The van der Waals surface area contributed by atoms with Gasteiger partial charge in [0.25, 0.3) is 0 Å². The average molecular weight is 450 g/mol. The van der Waals surface area contributed by atoms with E-state index in [9.17, 15) is 4.79 Å². The van der Waals surface area contributed by atoms with Gasteiger partial charge in [-0.2, -0.15) is 0 Å². The monoisotopic (exact) mass is 449 g/mol. The van der Waals surface area contributed by atoms with Gasteiger partial charge in [-0.25, -0.2) is 4.98 Å². The number of aryl methyl sites for hydroxylation is 1. The standard InChI is InChI=1S/C25H31N5O3/c1-18-15-29(17-26-18)22-8-7-19(13-23(22)32-2)12-20-6-5-11-30-21(16-33-27-25(20)30)14-24(31)28-9-3-4-10-28/h7-8,12-13,15,17,21H,3-6,9-11,14,16H2,1-2H3/t21-/m0/s1. The van der Waals surface area contributed by atoms with Gasteiger partial charge in [0.15, 0.2) is 5.84 Å². The van der Waals surface area contributed by atoms with Crippen LogP contribution in [-0.2, 0) is 9.63 Å². The maximum atomic E-state index is 12.8. The molecule has 0 aliphatic carbocycles. The van der Waals surface area contributed by atoms with Gasteiger partial charge in [-0.15, -0.1) is 0 Å². The van der Waals surface area contributed by atoms with Crippen LogP contribution in [0, 0.1) is 6.92 Å². The summed E-state index contributed by atoms with van der Waals surface area (Å²) in [5.74, 6) is 1.87. The number of ether oxygens (including phenoxy) is 1. The molecule has 174 valence electrons. The van der Waals surface area contributed by atoms with Crippen molar-refractivity contribution in [2.45, 2.75) is 45.1 Å². The maximum absolute atomic E-state index is 12.8. The zero-order chi connectivity index (χ0) is 22.8. The number of likely N-dealkylation sites (tertiary alicyclic amines) is 1. The zero-order valence-electron chi connectivity index (χ0n) is 19.4. The number of aromatic nitrogens is 2. The number of amides is 1. The van der Waals surface area contributed by atoms with E-state index < -0.39 is 0 Å². The molecule has 2 aromatic rings. The lowest BCUT2D eigenvalue weighted by atomic mass is 9.97. The van der Waals surface area contributed by atoms with Gasteiger partial charge in [-0.1, -0.05) is 11.2 Å². The summed E-state index contributed by atoms with van der Waals surface area (Å²) in [4.78, 5) is 26.9. The smallest absolute Gasteiger partial charge is 0.224 e. The lowest BCUT2D eigenvalue weighted by molar-refractivity contribution is -0.132. The van der Waals surface area contributed by atoms with E-state index >= 15 is 0 Å². The Balaban J connectivity index is 1.36. The van der Waals surface area contributed by atoms with Crippen LogP contribution in [0.15, 0.2) is 41.5 Å². The first-order valence-corrected chi connectivity index (χ1v) is 11.8. The number of carbonyl (C=O) groups is 1. The van der Waals surface area contributed by atoms with Crippen molar-refractivity contribution in [3.05, 3.63) is 47.6 Å². The second-order valence-corrected chi connectivity index (χ2v) is 8.98. The average Bonchev–Trinajstić information content (AvgIpc) is 3.52. The summed E-state index contributed by atoms with van der Waals surface area (Å²) < 4.78 is 7.64. The number of fused-ring (bicyclic) bond motifs is 1. The van der Waals surface area contributed by atoms with Gasteiger partial charge in [-0.05, 0) is 62.0 Å². The molecule has 5 rings (SSSR count). The third-order valence-corrected chi connectivity index (χ3v) is 6.67. The molecular weight excluding hydrogens is 418 g/mol. The van der Waals surface area contributed by atoms with Crippen LogP contribution in [0.1, 0.15) is 43.4 Å². The normalized spacial score (nSPS) is 21.6. The Morgan fingerprint density at radius 2 is 2.09 bits per heavy atom. The molecule has 1 aromatic carbocycles. The number of hydrogen-bond acceptors (Lipinski definition) is 6. The molecule has 1 aromatic heterocycles. The van der Waals surface area contributed by atoms with Gasteiger partial charge in [-0.3, -0.25) is 4.79 Å². The number of benzene rings is 1. The molecule has 2 saturated heterocycles. The summed E-state index contributed by atoms with van der Waals surface area (Å²) in [7, 11) is 1.68. The predicted molar refractivity (Wildman–Crippen MR) is 126 cm³/mol. The highest BCUT2D eigenvalue weighted by Crippen LogP contribution is 2.30. The molecular formula is C25H31N5O3. The van der Waals surface area contributed by atoms with Crippen LogP contribution in [0.2, 0.25) is 0 Å². The number of rotatable bonds is 5. The van der Waals surface area contributed by atoms with E-state index in [1.165, 1.54) is 0 Å². The largest absolute Gasteiger partial charge is 0.495 e. The van der Waals surface area contributed by atoms with Crippen LogP contribution in [0.5, 0.6) is 5.75 Å². The fraction of sp³-hybridized carbons (Fsp3) is 0.480. The van der Waals surface area contributed by atoms with Crippen molar-refractivity contribution in [2.75, 3.05) is 33.4 Å². The summed E-state index contributed by atoms with van der Waals surface area (Å²) >= 11 is 0. The third kappa shape index (κ3) is 4.47. The van der Waals surface area contributed by atoms with Crippen molar-refractivity contribution >= 4 is 17.8 Å². The van der Waals surface area contributed by atoms with Gasteiger partial charge in [0.2, 0.25) is 5.91 Å². The molecule has 0 bridgehead atoms. The number of amidine groups is 1. The van der Waals surface area contributed by atoms with Crippen molar-refractivity contribution in [3.63, 3.8) is 0 Å². The van der Waals surface area contributed by atoms with Crippen LogP contribution in [-0.4, -0.2) is 70.5 Å². The van der Waals surface area contributed by atoms with Crippen molar-refractivity contribution in [2.24, 2.45) is 5.16 Å². The first-order chi connectivity index (χ1) is 16.1. The van der Waals surface area contributed by atoms with Crippen LogP contribution in [0.4, 0.5) is 0 Å². The van der Waals surface area contributed by atoms with Crippen molar-refractivity contribution in [1.29, 1.82) is 0 Å². The van der Waals surface area contributed by atoms with Crippen LogP contribution in [0.3, 0.4) is 0 Å². The number of nitrogens with zero attached hydrogens (tertiary/aromatic N) is 5. The molecule has 0 N–H and O–H groups in total. The SMILES string of the molecule is COc1cc(C=C2CCCN3C2=NOC[C@@H]3CC(=O)N2CCCC2)ccc1-n1cnc(C)c1. The van der Waals surface area contributed by atoms with E-state index in [-0.39, 0.29) is 11.9 Å². The Kier molecular flexibility index (Phi) is 6.07. The molecule has 1 amide bonds. The van der Waals surface area contributed by atoms with E-state index in [0.717, 1.165) is 79.4 Å². The summed E-state index contributed by atoms with van der Waals surface area (Å²) in [5.41, 5.74) is 4.08. The van der Waals surface area contributed by atoms with E-state index in [0.29, 0.717) is 13.0 Å². The molecule has 4 heterocycles. The minimum absolute atomic E-state index is 0.0377. The minimum Gasteiger partial charge on any atom is -0.495 e. The lowest BCUT2D eigenvalue weighted by Crippen LogP contribution is -2.51. The predicted octanol–water partition coefficient (Wildman–Crippen LogP) is 3.39. The fourth-order valence-corrected chi connectivity index (χ4v) is 4.94. The Morgan fingerprint density at radius 1 is 1.24 bits per heavy atom. The highest BCUT2D eigenvalue weighted by Gasteiger charge is 2.34. The lowest BCUT2D eigenvalue weighted by Gasteiger charge is -2.40. The van der Waals surface area contributed by atoms with Crippen molar-refractivity contribution < 1.29 is 14.4 Å². The topological polar surface area (TPSA) is 72.2 Å². The van der Waals surface area contributed by atoms with Gasteiger partial charge in [0, 0.05) is 25.8 Å². The highest BCUT2D eigenvalue weighted by molar-refractivity contribution is 6.03. The molecule has 0 saturated carbocycles. The highest BCUT2D eigenvalue weighted by atomic mass is 16.6. The molecule has 1 atom stereocenters. The maximum Gasteiger partial charge on any atom is 0.224 e. The number of methoxy groups -OCH3 is 1. The second-order valence-electron chi connectivity index (χ2n) is 8.98. The first-order valence-electron chi connectivity index (χ1n) is 11.8. The Morgan fingerprint density at radius 3 is 2.85 bits per heavy atom. The Bertz CT molecular complexity index is 1080. The zero-order valence-corrected chi connectivity index (χ0v) is 19.4. The van der Waals surface area contributed by atoms with Gasteiger partial charge in [0.05, 0.1) is 37.3 Å². The molecule has 0 radical (unpaired) electrons. The van der Waals surface area contributed by atoms with E-state index in [4.69, 9.17) is 9.57 Å². The van der Waals surface area contributed by atoms with Crippen molar-refractivity contribution in [1.82, 2.24) is 19.4 Å². The molecule has 2 fully saturated rings. The Labute approximate surface area is 194 Å². The number of imidazole rings is 1. The minimum atomic E-state index is 0.0377. The van der Waals surface area contributed by atoms with E-state index in [1.54, 1.807) is 13.4 Å². The van der Waals surface area contributed by atoms with Gasteiger partial charge >= 0.3 is 0 Å². The van der Waals surface area contributed by atoms with Gasteiger partial charge in [0.1, 0.15) is 12.4 Å².